The average molecular weight is 332 g/mol. The van der Waals surface area contributed by atoms with Crippen molar-refractivity contribution in [2.45, 2.75) is 45.4 Å². The van der Waals surface area contributed by atoms with Gasteiger partial charge in [-0.1, -0.05) is 45.0 Å². The molecule has 2 aromatic heterocycles. The van der Waals surface area contributed by atoms with Gasteiger partial charge in [-0.2, -0.15) is 0 Å². The summed E-state index contributed by atoms with van der Waals surface area (Å²) in [7, 11) is 0. The Morgan fingerprint density at radius 1 is 1.00 bits per heavy atom. The van der Waals surface area contributed by atoms with E-state index < -0.39 is 0 Å². The lowest BCUT2D eigenvalue weighted by Gasteiger charge is -2.37. The van der Waals surface area contributed by atoms with E-state index in [0.717, 1.165) is 40.3 Å². The molecule has 0 radical (unpaired) electrons. The molecule has 4 rings (SSSR count). The van der Waals surface area contributed by atoms with Crippen molar-refractivity contribution in [2.75, 3.05) is 0 Å². The quantitative estimate of drug-likeness (QED) is 0.616. The van der Waals surface area contributed by atoms with Crippen LogP contribution in [0.25, 0.3) is 21.8 Å². The summed E-state index contributed by atoms with van der Waals surface area (Å²) < 4.78 is 0. The van der Waals surface area contributed by atoms with E-state index in [2.05, 4.69) is 56.1 Å². The molecule has 128 valence electrons. The Hall–Kier alpha value is -2.29. The predicted octanol–water partition coefficient (Wildman–Crippen LogP) is 5.07. The summed E-state index contributed by atoms with van der Waals surface area (Å²) >= 11 is 0. The van der Waals surface area contributed by atoms with E-state index >= 15 is 0 Å². The number of carbonyl (C=O) groups is 1. The number of ketones is 1. The third-order valence-corrected chi connectivity index (χ3v) is 5.85. The number of hydrogen-bond acceptors (Lipinski definition) is 3. The molecule has 0 spiro atoms. The molecule has 25 heavy (non-hydrogen) atoms. The Morgan fingerprint density at radius 2 is 1.72 bits per heavy atom. The van der Waals surface area contributed by atoms with Gasteiger partial charge in [-0.3, -0.25) is 9.78 Å². The van der Waals surface area contributed by atoms with Gasteiger partial charge in [0.05, 0.1) is 11.0 Å². The number of carbonyl (C=O) groups excluding carboxylic acids is 1. The normalized spacial score (nSPS) is 21.8. The van der Waals surface area contributed by atoms with Gasteiger partial charge in [0.1, 0.15) is 5.78 Å². The SMILES string of the molecule is CC1CCC(C(C)(C)c2ccc3ccc4cccnc4c3n2)C(=O)C1. The second-order valence-corrected chi connectivity index (χ2v) is 8.04. The standard InChI is InChI=1S/C22H24N2O/c1-14-6-10-17(18(25)13-14)22(2,3)19-11-9-16-8-7-15-5-4-12-23-20(15)21(16)24-19/h4-5,7-9,11-12,14,17H,6,10,13H2,1-3H3. The van der Waals surface area contributed by atoms with Gasteiger partial charge in [0, 0.05) is 40.4 Å². The molecule has 3 aromatic rings. The summed E-state index contributed by atoms with van der Waals surface area (Å²) in [5.41, 5.74) is 2.59. The van der Waals surface area contributed by atoms with Crippen LogP contribution in [0.2, 0.25) is 0 Å². The smallest absolute Gasteiger partial charge is 0.137 e. The number of aromatic nitrogens is 2. The highest BCUT2D eigenvalue weighted by Gasteiger charge is 2.40. The highest BCUT2D eigenvalue weighted by Crippen LogP contribution is 2.40. The topological polar surface area (TPSA) is 42.9 Å². The Bertz CT molecular complexity index is 961. The van der Waals surface area contributed by atoms with Gasteiger partial charge >= 0.3 is 0 Å². The number of pyridine rings is 2. The summed E-state index contributed by atoms with van der Waals surface area (Å²) in [5, 5.41) is 2.19. The van der Waals surface area contributed by atoms with Gasteiger partial charge in [0.25, 0.3) is 0 Å². The Labute approximate surface area is 148 Å². The van der Waals surface area contributed by atoms with Gasteiger partial charge in [-0.15, -0.1) is 0 Å². The van der Waals surface area contributed by atoms with Gasteiger partial charge < -0.3 is 0 Å². The van der Waals surface area contributed by atoms with E-state index in [1.807, 2.05) is 12.3 Å². The van der Waals surface area contributed by atoms with Crippen LogP contribution in [0.1, 0.15) is 45.7 Å². The number of fused-ring (bicyclic) bond motifs is 3. The zero-order valence-electron chi connectivity index (χ0n) is 15.1. The molecular weight excluding hydrogens is 308 g/mol. The number of Topliss-reactive ketones (excluding diaryl/α,β-unsaturated/α-hetero) is 1. The minimum absolute atomic E-state index is 0.0524. The van der Waals surface area contributed by atoms with E-state index in [1.165, 1.54) is 0 Å². The molecule has 0 amide bonds. The molecule has 1 aromatic carbocycles. The van der Waals surface area contributed by atoms with Crippen molar-refractivity contribution in [1.82, 2.24) is 9.97 Å². The van der Waals surface area contributed by atoms with Crippen LogP contribution in [0.3, 0.4) is 0 Å². The Morgan fingerprint density at radius 3 is 2.48 bits per heavy atom. The van der Waals surface area contributed by atoms with Crippen LogP contribution in [0.4, 0.5) is 0 Å². The molecule has 3 heteroatoms. The minimum Gasteiger partial charge on any atom is -0.299 e. The monoisotopic (exact) mass is 332 g/mol. The lowest BCUT2D eigenvalue weighted by Crippen LogP contribution is -2.39. The van der Waals surface area contributed by atoms with Gasteiger partial charge in [0.15, 0.2) is 0 Å². The zero-order valence-corrected chi connectivity index (χ0v) is 15.1. The number of nitrogens with zero attached hydrogens (tertiary/aromatic N) is 2. The maximum Gasteiger partial charge on any atom is 0.137 e. The first-order valence-electron chi connectivity index (χ1n) is 9.14. The second kappa shape index (κ2) is 5.91. The minimum atomic E-state index is -0.262. The Kier molecular flexibility index (Phi) is 3.82. The fourth-order valence-corrected chi connectivity index (χ4v) is 4.22. The molecule has 1 saturated carbocycles. The molecule has 2 atom stereocenters. The molecule has 3 nitrogen and oxygen atoms in total. The lowest BCUT2D eigenvalue weighted by atomic mass is 9.66. The molecule has 1 fully saturated rings. The van der Waals surface area contributed by atoms with Crippen LogP contribution in [-0.2, 0) is 10.2 Å². The van der Waals surface area contributed by atoms with Crippen molar-refractivity contribution in [2.24, 2.45) is 11.8 Å². The van der Waals surface area contributed by atoms with Crippen LogP contribution >= 0.6 is 0 Å². The molecule has 2 heterocycles. The van der Waals surface area contributed by atoms with E-state index in [9.17, 15) is 4.79 Å². The highest BCUT2D eigenvalue weighted by atomic mass is 16.1. The van der Waals surface area contributed by atoms with Crippen molar-refractivity contribution in [1.29, 1.82) is 0 Å². The molecular formula is C22H24N2O. The van der Waals surface area contributed by atoms with Crippen LogP contribution in [0, 0.1) is 11.8 Å². The van der Waals surface area contributed by atoms with Crippen molar-refractivity contribution in [3.63, 3.8) is 0 Å². The van der Waals surface area contributed by atoms with Crippen molar-refractivity contribution >= 4 is 27.6 Å². The molecule has 1 aliphatic rings. The first-order valence-corrected chi connectivity index (χ1v) is 9.14. The summed E-state index contributed by atoms with van der Waals surface area (Å²) in [6.07, 6.45) is 4.60. The van der Waals surface area contributed by atoms with E-state index in [0.29, 0.717) is 18.1 Å². The highest BCUT2D eigenvalue weighted by molar-refractivity contribution is 6.02. The number of benzene rings is 1. The first kappa shape index (κ1) is 16.2. The molecule has 1 aliphatic carbocycles. The predicted molar refractivity (Wildman–Crippen MR) is 102 cm³/mol. The third kappa shape index (κ3) is 2.72. The summed E-state index contributed by atoms with van der Waals surface area (Å²) in [6.45, 7) is 6.50. The van der Waals surface area contributed by atoms with Crippen LogP contribution in [0.5, 0.6) is 0 Å². The summed E-state index contributed by atoms with van der Waals surface area (Å²) in [6, 6.07) is 12.4. The zero-order chi connectivity index (χ0) is 17.6. The fraction of sp³-hybridized carbons (Fsp3) is 0.409. The van der Waals surface area contributed by atoms with Gasteiger partial charge in [-0.05, 0) is 30.9 Å². The molecule has 0 bridgehead atoms. The van der Waals surface area contributed by atoms with Crippen molar-refractivity contribution in [3.05, 3.63) is 48.3 Å². The number of hydrogen-bond donors (Lipinski definition) is 0. The van der Waals surface area contributed by atoms with Crippen LogP contribution < -0.4 is 0 Å². The van der Waals surface area contributed by atoms with Crippen molar-refractivity contribution < 1.29 is 4.79 Å². The van der Waals surface area contributed by atoms with Crippen LogP contribution in [-0.4, -0.2) is 15.8 Å². The third-order valence-electron chi connectivity index (χ3n) is 5.85. The van der Waals surface area contributed by atoms with Gasteiger partial charge in [-0.25, -0.2) is 4.98 Å². The lowest BCUT2D eigenvalue weighted by molar-refractivity contribution is -0.128. The maximum atomic E-state index is 12.7. The summed E-state index contributed by atoms with van der Waals surface area (Å²) in [5.74, 6) is 0.954. The summed E-state index contributed by atoms with van der Waals surface area (Å²) in [4.78, 5) is 22.2. The fourth-order valence-electron chi connectivity index (χ4n) is 4.22. The van der Waals surface area contributed by atoms with Gasteiger partial charge in [0.2, 0.25) is 0 Å². The molecule has 0 aliphatic heterocycles. The van der Waals surface area contributed by atoms with Crippen LogP contribution in [0.15, 0.2) is 42.6 Å². The first-order chi connectivity index (χ1) is 12.0. The molecule has 0 N–H and O–H groups in total. The Balaban J connectivity index is 1.83. The molecule has 2 unspecified atom stereocenters. The van der Waals surface area contributed by atoms with Crippen molar-refractivity contribution in [3.8, 4) is 0 Å². The van der Waals surface area contributed by atoms with E-state index in [1.54, 1.807) is 0 Å². The maximum absolute atomic E-state index is 12.7. The number of rotatable bonds is 2. The second-order valence-electron chi connectivity index (χ2n) is 8.04. The molecule has 0 saturated heterocycles. The average Bonchev–Trinajstić information content (AvgIpc) is 2.60. The van der Waals surface area contributed by atoms with E-state index in [-0.39, 0.29) is 11.3 Å². The largest absolute Gasteiger partial charge is 0.299 e. The van der Waals surface area contributed by atoms with E-state index in [4.69, 9.17) is 4.98 Å².